The number of rotatable bonds is 8. The van der Waals surface area contributed by atoms with Crippen molar-refractivity contribution in [3.63, 3.8) is 0 Å². The zero-order valence-electron chi connectivity index (χ0n) is 12.0. The van der Waals surface area contributed by atoms with Gasteiger partial charge in [0.1, 0.15) is 18.1 Å². The third-order valence-corrected chi connectivity index (χ3v) is 3.76. The summed E-state index contributed by atoms with van der Waals surface area (Å²) in [5, 5.41) is 3.38. The normalized spacial score (nSPS) is 10.5. The van der Waals surface area contributed by atoms with E-state index in [1.165, 1.54) is 9.75 Å². The van der Waals surface area contributed by atoms with Crippen molar-refractivity contribution >= 4 is 11.3 Å². The summed E-state index contributed by atoms with van der Waals surface area (Å²) >= 11 is 1.83. The first-order valence-electron chi connectivity index (χ1n) is 6.89. The largest absolute Gasteiger partial charge is 0.494 e. The van der Waals surface area contributed by atoms with E-state index < -0.39 is 0 Å². The highest BCUT2D eigenvalue weighted by atomic mass is 32.1. The predicted octanol–water partition coefficient (Wildman–Crippen LogP) is 3.62. The number of ether oxygens (including phenoxy) is 2. The minimum absolute atomic E-state index is 0.653. The second-order valence-electron chi connectivity index (χ2n) is 4.45. The summed E-state index contributed by atoms with van der Waals surface area (Å²) in [6, 6.07) is 12.1. The smallest absolute Gasteiger partial charge is 0.123 e. The molecule has 0 saturated carbocycles. The minimum Gasteiger partial charge on any atom is -0.494 e. The van der Waals surface area contributed by atoms with Gasteiger partial charge in [-0.3, -0.25) is 0 Å². The Kier molecular flexibility index (Phi) is 5.89. The Bertz CT molecular complexity index is 525. The summed E-state index contributed by atoms with van der Waals surface area (Å²) in [5.74, 6) is 1.71. The Hall–Kier alpha value is -1.52. The fraction of sp³-hybridized carbons (Fsp3) is 0.375. The molecule has 0 aliphatic heterocycles. The average Bonchev–Trinajstić information content (AvgIpc) is 2.85. The highest BCUT2D eigenvalue weighted by molar-refractivity contribution is 7.11. The van der Waals surface area contributed by atoms with Crippen molar-refractivity contribution in [3.05, 3.63) is 46.2 Å². The van der Waals surface area contributed by atoms with Gasteiger partial charge in [0.2, 0.25) is 0 Å². The highest BCUT2D eigenvalue weighted by Crippen LogP contribution is 2.19. The van der Waals surface area contributed by atoms with Crippen molar-refractivity contribution in [3.8, 4) is 11.5 Å². The van der Waals surface area contributed by atoms with E-state index in [-0.39, 0.29) is 0 Å². The molecule has 0 amide bonds. The molecule has 20 heavy (non-hydrogen) atoms. The van der Waals surface area contributed by atoms with Crippen LogP contribution in [0.25, 0.3) is 0 Å². The van der Waals surface area contributed by atoms with E-state index >= 15 is 0 Å². The fourth-order valence-corrected chi connectivity index (χ4v) is 2.71. The number of benzene rings is 1. The summed E-state index contributed by atoms with van der Waals surface area (Å²) < 4.78 is 11.1. The maximum Gasteiger partial charge on any atom is 0.123 e. The van der Waals surface area contributed by atoms with E-state index in [1.54, 1.807) is 0 Å². The number of nitrogens with one attached hydrogen (secondary N) is 1. The second-order valence-corrected chi connectivity index (χ2v) is 5.82. The Morgan fingerprint density at radius 1 is 1.10 bits per heavy atom. The van der Waals surface area contributed by atoms with Gasteiger partial charge in [-0.2, -0.15) is 0 Å². The van der Waals surface area contributed by atoms with Crippen LogP contribution in [-0.2, 0) is 6.54 Å². The maximum atomic E-state index is 5.70. The van der Waals surface area contributed by atoms with E-state index in [1.807, 2.05) is 42.5 Å². The number of aryl methyl sites for hydroxylation is 1. The zero-order chi connectivity index (χ0) is 14.2. The first-order chi connectivity index (χ1) is 9.78. The molecule has 1 aromatic heterocycles. The molecule has 1 aromatic carbocycles. The van der Waals surface area contributed by atoms with Crippen LogP contribution in [0.15, 0.2) is 36.4 Å². The standard InChI is InChI=1S/C16H21NO2S/c1-3-18-14-5-4-6-15(11-14)19-10-9-17-12-16-8-7-13(2)20-16/h4-8,11,17H,3,9-10,12H2,1-2H3. The van der Waals surface area contributed by atoms with Crippen LogP contribution in [0, 0.1) is 6.92 Å². The van der Waals surface area contributed by atoms with Crippen LogP contribution < -0.4 is 14.8 Å². The van der Waals surface area contributed by atoms with Crippen molar-refractivity contribution in [2.24, 2.45) is 0 Å². The van der Waals surface area contributed by atoms with Crippen LogP contribution in [0.5, 0.6) is 11.5 Å². The van der Waals surface area contributed by atoms with E-state index in [9.17, 15) is 0 Å². The third-order valence-electron chi connectivity index (χ3n) is 2.76. The van der Waals surface area contributed by atoms with Gasteiger partial charge >= 0.3 is 0 Å². The van der Waals surface area contributed by atoms with Gasteiger partial charge in [0.05, 0.1) is 6.61 Å². The molecule has 0 aliphatic carbocycles. The molecule has 0 bridgehead atoms. The summed E-state index contributed by atoms with van der Waals surface area (Å²) in [6.07, 6.45) is 0. The summed E-state index contributed by atoms with van der Waals surface area (Å²) in [7, 11) is 0. The summed E-state index contributed by atoms with van der Waals surface area (Å²) in [5.41, 5.74) is 0. The SMILES string of the molecule is CCOc1cccc(OCCNCc2ccc(C)s2)c1. The molecule has 0 saturated heterocycles. The average molecular weight is 291 g/mol. The zero-order valence-corrected chi connectivity index (χ0v) is 12.8. The maximum absolute atomic E-state index is 5.70. The van der Waals surface area contributed by atoms with Crippen LogP contribution in [-0.4, -0.2) is 19.8 Å². The van der Waals surface area contributed by atoms with Gasteiger partial charge in [-0.1, -0.05) is 6.07 Å². The monoisotopic (exact) mass is 291 g/mol. The molecule has 1 heterocycles. The molecular weight excluding hydrogens is 270 g/mol. The van der Waals surface area contributed by atoms with Crippen LogP contribution in [0.3, 0.4) is 0 Å². The van der Waals surface area contributed by atoms with E-state index in [0.717, 1.165) is 24.6 Å². The highest BCUT2D eigenvalue weighted by Gasteiger charge is 1.98. The number of hydrogen-bond acceptors (Lipinski definition) is 4. The predicted molar refractivity (Wildman–Crippen MR) is 83.9 cm³/mol. The molecule has 2 rings (SSSR count). The van der Waals surface area contributed by atoms with Crippen molar-refractivity contribution < 1.29 is 9.47 Å². The van der Waals surface area contributed by atoms with Crippen LogP contribution in [0.2, 0.25) is 0 Å². The van der Waals surface area contributed by atoms with Crippen LogP contribution in [0.4, 0.5) is 0 Å². The van der Waals surface area contributed by atoms with Gasteiger partial charge in [0.15, 0.2) is 0 Å². The molecule has 0 fully saturated rings. The van der Waals surface area contributed by atoms with E-state index in [4.69, 9.17) is 9.47 Å². The topological polar surface area (TPSA) is 30.5 Å². The molecule has 2 aromatic rings. The Morgan fingerprint density at radius 3 is 2.60 bits per heavy atom. The van der Waals surface area contributed by atoms with Crippen molar-refractivity contribution in [1.29, 1.82) is 0 Å². The lowest BCUT2D eigenvalue weighted by atomic mass is 10.3. The molecule has 0 atom stereocenters. The van der Waals surface area contributed by atoms with Gasteiger partial charge in [-0.25, -0.2) is 0 Å². The minimum atomic E-state index is 0.653. The number of hydrogen-bond donors (Lipinski definition) is 1. The molecule has 0 radical (unpaired) electrons. The molecule has 0 unspecified atom stereocenters. The quantitative estimate of drug-likeness (QED) is 0.753. The lowest BCUT2D eigenvalue weighted by molar-refractivity contribution is 0.306. The second kappa shape index (κ2) is 7.92. The molecule has 4 heteroatoms. The van der Waals surface area contributed by atoms with Crippen molar-refractivity contribution in [2.45, 2.75) is 20.4 Å². The molecular formula is C16H21NO2S. The summed E-state index contributed by atoms with van der Waals surface area (Å²) in [4.78, 5) is 2.71. The van der Waals surface area contributed by atoms with Crippen molar-refractivity contribution in [1.82, 2.24) is 5.32 Å². The first kappa shape index (κ1) is 14.9. The number of thiophene rings is 1. The van der Waals surface area contributed by atoms with E-state index in [0.29, 0.717) is 13.2 Å². The van der Waals surface area contributed by atoms with Gasteiger partial charge in [-0.15, -0.1) is 11.3 Å². The third kappa shape index (κ3) is 4.87. The lowest BCUT2D eigenvalue weighted by Gasteiger charge is -2.09. The summed E-state index contributed by atoms with van der Waals surface area (Å²) in [6.45, 7) is 7.16. The molecule has 0 aliphatic rings. The van der Waals surface area contributed by atoms with Gasteiger partial charge in [0, 0.05) is 28.9 Å². The lowest BCUT2D eigenvalue weighted by Crippen LogP contribution is -2.20. The van der Waals surface area contributed by atoms with E-state index in [2.05, 4.69) is 24.4 Å². The van der Waals surface area contributed by atoms with Crippen LogP contribution in [0.1, 0.15) is 16.7 Å². The van der Waals surface area contributed by atoms with Gasteiger partial charge in [0.25, 0.3) is 0 Å². The van der Waals surface area contributed by atoms with Gasteiger partial charge < -0.3 is 14.8 Å². The molecule has 1 N–H and O–H groups in total. The molecule has 108 valence electrons. The fourth-order valence-electron chi connectivity index (χ4n) is 1.85. The Balaban J connectivity index is 1.66. The van der Waals surface area contributed by atoms with Gasteiger partial charge in [-0.05, 0) is 38.1 Å². The molecule has 3 nitrogen and oxygen atoms in total. The molecule has 0 spiro atoms. The van der Waals surface area contributed by atoms with Crippen LogP contribution >= 0.6 is 11.3 Å². The first-order valence-corrected chi connectivity index (χ1v) is 7.71. The van der Waals surface area contributed by atoms with Crippen molar-refractivity contribution in [2.75, 3.05) is 19.8 Å². The Morgan fingerprint density at radius 2 is 1.90 bits per heavy atom. The Labute approximate surface area is 124 Å².